The zero-order valence-corrected chi connectivity index (χ0v) is 9.46. The number of hydrogen-bond acceptors (Lipinski definition) is 4. The first kappa shape index (κ1) is 13.0. The number of oxime groups is 1. The lowest BCUT2D eigenvalue weighted by Gasteiger charge is -2.22. The summed E-state index contributed by atoms with van der Waals surface area (Å²) in [6.45, 7) is 0. The van der Waals surface area contributed by atoms with Crippen LogP contribution in [0.5, 0.6) is 5.75 Å². The summed E-state index contributed by atoms with van der Waals surface area (Å²) in [5.41, 5.74) is -0.238. The molecule has 0 spiro atoms. The summed E-state index contributed by atoms with van der Waals surface area (Å²) in [6, 6.07) is 3.82. The minimum absolute atomic E-state index is 0.0114. The standard InChI is InChI=1S/C10H7ClF3NO3/c11-5-1-2-8(16)6(3-5)7-4-9(17,18-15-7)10(12,13)14/h1-3,16-17H,4H2/t9-/m0/s1. The summed E-state index contributed by atoms with van der Waals surface area (Å²) >= 11 is 5.66. The van der Waals surface area contributed by atoms with Crippen LogP contribution in [0.15, 0.2) is 23.4 Å². The number of phenolic OH excluding ortho intramolecular Hbond substituents is 1. The summed E-state index contributed by atoms with van der Waals surface area (Å²) < 4.78 is 37.4. The molecule has 8 heteroatoms. The maximum atomic E-state index is 12.5. The zero-order chi connectivity index (χ0) is 13.6. The van der Waals surface area contributed by atoms with E-state index in [1.54, 1.807) is 0 Å². The van der Waals surface area contributed by atoms with Crippen LogP contribution in [0.2, 0.25) is 5.02 Å². The van der Waals surface area contributed by atoms with Crippen molar-refractivity contribution in [1.82, 2.24) is 0 Å². The molecule has 0 bridgehead atoms. The Hall–Kier alpha value is -1.47. The number of phenols is 1. The number of aliphatic hydroxyl groups is 1. The third-order valence-corrected chi connectivity index (χ3v) is 2.66. The lowest BCUT2D eigenvalue weighted by molar-refractivity contribution is -0.355. The van der Waals surface area contributed by atoms with Gasteiger partial charge in [-0.1, -0.05) is 16.8 Å². The molecule has 0 aromatic heterocycles. The van der Waals surface area contributed by atoms with Gasteiger partial charge in [-0.15, -0.1) is 0 Å². The van der Waals surface area contributed by atoms with E-state index in [1.165, 1.54) is 18.2 Å². The van der Waals surface area contributed by atoms with Gasteiger partial charge in [0.1, 0.15) is 5.75 Å². The monoisotopic (exact) mass is 281 g/mol. The average Bonchev–Trinajstić information content (AvgIpc) is 2.65. The van der Waals surface area contributed by atoms with Gasteiger partial charge < -0.3 is 15.1 Å². The molecule has 1 aliphatic rings. The maximum Gasteiger partial charge on any atom is 0.458 e. The van der Waals surface area contributed by atoms with Crippen molar-refractivity contribution in [2.24, 2.45) is 5.16 Å². The predicted molar refractivity (Wildman–Crippen MR) is 56.4 cm³/mol. The topological polar surface area (TPSA) is 62.1 Å². The van der Waals surface area contributed by atoms with E-state index in [9.17, 15) is 23.4 Å². The third kappa shape index (κ3) is 2.11. The van der Waals surface area contributed by atoms with E-state index < -0.39 is 18.4 Å². The summed E-state index contributed by atoms with van der Waals surface area (Å²) in [4.78, 5) is 4.03. The smallest absolute Gasteiger partial charge is 0.458 e. The summed E-state index contributed by atoms with van der Waals surface area (Å²) in [7, 11) is 0. The van der Waals surface area contributed by atoms with E-state index in [0.29, 0.717) is 0 Å². The molecule has 2 N–H and O–H groups in total. The molecule has 0 fully saturated rings. The van der Waals surface area contributed by atoms with Crippen LogP contribution in [-0.2, 0) is 4.84 Å². The van der Waals surface area contributed by atoms with Crippen molar-refractivity contribution < 1.29 is 28.2 Å². The number of aromatic hydroxyl groups is 1. The number of alkyl halides is 3. The molecule has 4 nitrogen and oxygen atoms in total. The maximum absolute atomic E-state index is 12.5. The molecule has 98 valence electrons. The van der Waals surface area contributed by atoms with Gasteiger partial charge in [0, 0.05) is 10.6 Å². The molecular formula is C10H7ClF3NO3. The molecule has 2 rings (SSSR count). The molecule has 1 atom stereocenters. The minimum Gasteiger partial charge on any atom is -0.507 e. The van der Waals surface area contributed by atoms with Crippen molar-refractivity contribution in [3.63, 3.8) is 0 Å². The molecular weight excluding hydrogens is 275 g/mol. The van der Waals surface area contributed by atoms with Crippen LogP contribution in [0.3, 0.4) is 0 Å². The van der Waals surface area contributed by atoms with Gasteiger partial charge in [-0.25, -0.2) is 0 Å². The van der Waals surface area contributed by atoms with Crippen molar-refractivity contribution >= 4 is 17.3 Å². The molecule has 1 aliphatic heterocycles. The van der Waals surface area contributed by atoms with Gasteiger partial charge in [-0.05, 0) is 18.2 Å². The Bertz CT molecular complexity index is 518. The van der Waals surface area contributed by atoms with E-state index in [0.717, 1.165) is 0 Å². The van der Waals surface area contributed by atoms with Gasteiger partial charge in [0.25, 0.3) is 0 Å². The lowest BCUT2D eigenvalue weighted by Crippen LogP contribution is -2.45. The van der Waals surface area contributed by atoms with Crippen molar-refractivity contribution in [2.75, 3.05) is 0 Å². The number of hydrogen-bond donors (Lipinski definition) is 2. The molecule has 0 aliphatic carbocycles. The molecule has 0 unspecified atom stereocenters. The Kier molecular flexibility index (Phi) is 2.90. The molecule has 1 aromatic rings. The Morgan fingerprint density at radius 1 is 1.39 bits per heavy atom. The van der Waals surface area contributed by atoms with Gasteiger partial charge in [-0.2, -0.15) is 13.2 Å². The van der Waals surface area contributed by atoms with Crippen LogP contribution in [0.1, 0.15) is 12.0 Å². The molecule has 0 saturated heterocycles. The average molecular weight is 282 g/mol. The van der Waals surface area contributed by atoms with Gasteiger partial charge in [-0.3, -0.25) is 0 Å². The summed E-state index contributed by atoms with van der Waals surface area (Å²) in [6.07, 6.45) is -5.89. The molecule has 0 amide bonds. The normalized spacial score (nSPS) is 23.7. The molecule has 0 saturated carbocycles. The number of rotatable bonds is 1. The second-order valence-corrected chi connectivity index (χ2v) is 4.19. The fraction of sp³-hybridized carbons (Fsp3) is 0.300. The fourth-order valence-electron chi connectivity index (χ4n) is 1.46. The highest BCUT2D eigenvalue weighted by Crippen LogP contribution is 2.40. The van der Waals surface area contributed by atoms with Crippen LogP contribution < -0.4 is 0 Å². The highest BCUT2D eigenvalue weighted by atomic mass is 35.5. The minimum atomic E-state index is -4.98. The quantitative estimate of drug-likeness (QED) is 0.831. The predicted octanol–water partition coefficient (Wildman–Crippen LogP) is 2.42. The fourth-order valence-corrected chi connectivity index (χ4v) is 1.63. The zero-order valence-electron chi connectivity index (χ0n) is 8.70. The molecule has 1 heterocycles. The molecule has 1 aromatic carbocycles. The SMILES string of the molecule is Oc1ccc(Cl)cc1C1=NO[C@](O)(C(F)(F)F)C1. The van der Waals surface area contributed by atoms with Gasteiger partial charge in [0.15, 0.2) is 0 Å². The highest BCUT2D eigenvalue weighted by Gasteiger charge is 2.60. The van der Waals surface area contributed by atoms with E-state index in [4.69, 9.17) is 11.6 Å². The first-order chi connectivity index (χ1) is 8.23. The summed E-state index contributed by atoms with van der Waals surface area (Å²) in [5, 5.41) is 22.1. The molecule has 18 heavy (non-hydrogen) atoms. The Morgan fingerprint density at radius 2 is 2.06 bits per heavy atom. The van der Waals surface area contributed by atoms with Crippen molar-refractivity contribution in [3.05, 3.63) is 28.8 Å². The van der Waals surface area contributed by atoms with Gasteiger partial charge >= 0.3 is 12.0 Å². The highest BCUT2D eigenvalue weighted by molar-refractivity contribution is 6.31. The van der Waals surface area contributed by atoms with E-state index in [2.05, 4.69) is 9.99 Å². The van der Waals surface area contributed by atoms with Crippen molar-refractivity contribution in [1.29, 1.82) is 0 Å². The first-order valence-corrected chi connectivity index (χ1v) is 5.14. The van der Waals surface area contributed by atoms with Crippen molar-refractivity contribution in [3.8, 4) is 5.75 Å². The van der Waals surface area contributed by atoms with Crippen LogP contribution >= 0.6 is 11.6 Å². The number of nitrogens with zero attached hydrogens (tertiary/aromatic N) is 1. The Morgan fingerprint density at radius 3 is 2.61 bits per heavy atom. The van der Waals surface area contributed by atoms with Crippen LogP contribution in [0.25, 0.3) is 0 Å². The first-order valence-electron chi connectivity index (χ1n) is 4.76. The lowest BCUT2D eigenvalue weighted by atomic mass is 10.0. The van der Waals surface area contributed by atoms with Gasteiger partial charge in [0.2, 0.25) is 0 Å². The van der Waals surface area contributed by atoms with Crippen molar-refractivity contribution in [2.45, 2.75) is 18.4 Å². The van der Waals surface area contributed by atoms with E-state index in [-0.39, 0.29) is 22.0 Å². The van der Waals surface area contributed by atoms with Gasteiger partial charge in [0.05, 0.1) is 12.1 Å². The second-order valence-electron chi connectivity index (χ2n) is 3.75. The third-order valence-electron chi connectivity index (χ3n) is 2.43. The van der Waals surface area contributed by atoms with E-state index in [1.807, 2.05) is 0 Å². The largest absolute Gasteiger partial charge is 0.507 e. The number of benzene rings is 1. The van der Waals surface area contributed by atoms with Crippen LogP contribution in [0.4, 0.5) is 13.2 Å². The Labute approximate surface area is 104 Å². The van der Waals surface area contributed by atoms with E-state index >= 15 is 0 Å². The van der Waals surface area contributed by atoms with Crippen LogP contribution in [0, 0.1) is 0 Å². The number of halogens is 4. The second kappa shape index (κ2) is 4.03. The van der Waals surface area contributed by atoms with Crippen LogP contribution in [-0.4, -0.2) is 27.9 Å². The molecule has 0 radical (unpaired) electrons. The Balaban J connectivity index is 2.31. The summed E-state index contributed by atoms with van der Waals surface area (Å²) in [5.74, 6) is -3.66.